The van der Waals surface area contributed by atoms with Gasteiger partial charge in [0, 0.05) is 0 Å². The van der Waals surface area contributed by atoms with E-state index in [2.05, 4.69) is 0 Å². The van der Waals surface area contributed by atoms with Crippen molar-refractivity contribution in [2.45, 2.75) is 0 Å². The molecule has 0 aromatic heterocycles. The first-order chi connectivity index (χ1) is 3.00. The molecule has 0 nitrogen and oxygen atoms in total. The first-order valence-corrected chi connectivity index (χ1v) is 22.1. The SMILES string of the molecule is P1P[Se][Se][Se][Se]1. The van der Waals surface area contributed by atoms with Crippen molar-refractivity contribution in [3.8, 4) is 0 Å². The molecule has 6 heavy (non-hydrogen) atoms. The summed E-state index contributed by atoms with van der Waals surface area (Å²) < 4.78 is 0. The Balaban J connectivity index is 2.00. The van der Waals surface area contributed by atoms with Gasteiger partial charge in [-0.2, -0.15) is 0 Å². The van der Waals surface area contributed by atoms with E-state index in [4.69, 9.17) is 0 Å². The Kier molecular flexibility index (Phi) is 5.62. The van der Waals surface area contributed by atoms with Gasteiger partial charge in [-0.1, -0.05) is 0 Å². The van der Waals surface area contributed by atoms with Gasteiger partial charge >= 0.3 is 61.9 Å². The van der Waals surface area contributed by atoms with Crippen molar-refractivity contribution in [3.63, 3.8) is 0 Å². The molecule has 0 saturated carbocycles. The second-order valence-corrected chi connectivity index (χ2v) is 42.1. The van der Waals surface area contributed by atoms with Gasteiger partial charge in [0.05, 0.1) is 0 Å². The van der Waals surface area contributed by atoms with Gasteiger partial charge in [0.15, 0.2) is 0 Å². The van der Waals surface area contributed by atoms with Crippen molar-refractivity contribution in [1.29, 1.82) is 0 Å². The molecular weight excluding hydrogens is 378 g/mol. The van der Waals surface area contributed by atoms with E-state index in [0.717, 1.165) is 0 Å². The normalized spacial score (nSPS) is 32.0. The van der Waals surface area contributed by atoms with E-state index in [-0.39, 0.29) is 0 Å². The molecule has 1 rings (SSSR count). The first kappa shape index (κ1) is 7.05. The standard InChI is InChI=1S/H2P2Se4/c1-2-4-6-5-3-1/h1-2H. The molecule has 1 heterocycles. The number of hydrogen-bond acceptors (Lipinski definition) is 0. The molecular formula is H2P2Se4. The van der Waals surface area contributed by atoms with Gasteiger partial charge < -0.3 is 0 Å². The van der Waals surface area contributed by atoms with Gasteiger partial charge in [-0.05, 0) is 0 Å². The summed E-state index contributed by atoms with van der Waals surface area (Å²) in [4.78, 5) is 0. The van der Waals surface area contributed by atoms with Crippen LogP contribution in [0.25, 0.3) is 0 Å². The van der Waals surface area contributed by atoms with Gasteiger partial charge in [-0.25, -0.2) is 0 Å². The van der Waals surface area contributed by atoms with E-state index < -0.39 is 0 Å². The van der Waals surface area contributed by atoms with E-state index in [9.17, 15) is 0 Å². The Morgan fingerprint density at radius 2 is 1.33 bits per heavy atom. The number of rotatable bonds is 0. The van der Waals surface area contributed by atoms with Crippen molar-refractivity contribution in [2.75, 3.05) is 0 Å². The van der Waals surface area contributed by atoms with Gasteiger partial charge in [0.2, 0.25) is 0 Å². The van der Waals surface area contributed by atoms with Crippen LogP contribution in [0.5, 0.6) is 0 Å². The monoisotopic (exact) mass is 384 g/mol. The summed E-state index contributed by atoms with van der Waals surface area (Å²) >= 11 is 4.85. The van der Waals surface area contributed by atoms with Crippen LogP contribution in [0.3, 0.4) is 0 Å². The summed E-state index contributed by atoms with van der Waals surface area (Å²) in [5.41, 5.74) is 0. The second kappa shape index (κ2) is 4.78. The molecule has 0 N–H and O–H groups in total. The molecule has 6 heteroatoms. The van der Waals surface area contributed by atoms with Crippen LogP contribution in [-0.2, 0) is 0 Å². The molecule has 1 fully saturated rings. The fourth-order valence-electron chi connectivity index (χ4n) is 0.0958. The van der Waals surface area contributed by atoms with Gasteiger partial charge in [-0.15, -0.1) is 0 Å². The Morgan fingerprint density at radius 3 is 1.50 bits per heavy atom. The Labute approximate surface area is 61.1 Å². The molecule has 1 saturated heterocycles. The zero-order chi connectivity index (χ0) is 4.24. The van der Waals surface area contributed by atoms with Crippen LogP contribution in [0.1, 0.15) is 0 Å². The molecule has 0 amide bonds. The zero-order valence-electron chi connectivity index (χ0n) is 2.63. The zero-order valence-corrected chi connectivity index (χ0v) is 11.5. The van der Waals surface area contributed by atoms with E-state index in [1.165, 1.54) is 61.9 Å². The predicted octanol–water partition coefficient (Wildman–Crippen LogP) is -0.336. The molecule has 0 spiro atoms. The minimum absolute atomic E-state index is 1.20. The Morgan fingerprint density at radius 1 is 0.833 bits per heavy atom. The van der Waals surface area contributed by atoms with Crippen LogP contribution in [0, 0.1) is 0 Å². The molecule has 1 aliphatic rings. The quantitative estimate of drug-likeness (QED) is 0.399. The molecule has 2 atom stereocenters. The summed E-state index contributed by atoms with van der Waals surface area (Å²) in [5.74, 6) is 0. The van der Waals surface area contributed by atoms with Crippen LogP contribution in [0.15, 0.2) is 0 Å². The minimum atomic E-state index is 1.20. The molecule has 0 aromatic carbocycles. The summed E-state index contributed by atoms with van der Waals surface area (Å²) in [6, 6.07) is 0. The van der Waals surface area contributed by atoms with Crippen molar-refractivity contribution < 1.29 is 0 Å². The van der Waals surface area contributed by atoms with Crippen LogP contribution in [0.2, 0.25) is 0 Å². The summed E-state index contributed by atoms with van der Waals surface area (Å²) in [5, 5.41) is 0. The third-order valence-corrected chi connectivity index (χ3v) is 79.3. The molecule has 2 unspecified atom stereocenters. The molecule has 1 aliphatic heterocycles. The fraction of sp³-hybridized carbons (Fsp3) is 0. The summed E-state index contributed by atoms with van der Waals surface area (Å²) in [6.45, 7) is 2.93. The number of hydrogen-bond donors (Lipinski definition) is 0. The molecule has 36 valence electrons. The Hall–Kier alpha value is 2.94. The van der Waals surface area contributed by atoms with E-state index >= 15 is 0 Å². The van der Waals surface area contributed by atoms with Gasteiger partial charge in [-0.3, -0.25) is 0 Å². The Bertz CT molecular complexity index is 21.0. The average Bonchev–Trinajstić information content (AvgIpc) is 1.72. The molecule has 0 aliphatic carbocycles. The van der Waals surface area contributed by atoms with Crippen LogP contribution in [0.4, 0.5) is 0 Å². The van der Waals surface area contributed by atoms with E-state index in [1.807, 2.05) is 0 Å². The maximum atomic E-state index is 1.46. The molecule has 0 bridgehead atoms. The van der Waals surface area contributed by atoms with Crippen molar-refractivity contribution in [1.82, 2.24) is 0 Å². The summed E-state index contributed by atoms with van der Waals surface area (Å²) in [6.07, 6.45) is 0. The topological polar surface area (TPSA) is 0 Å². The van der Waals surface area contributed by atoms with Crippen LogP contribution >= 0.6 is 13.9 Å². The third-order valence-electron chi connectivity index (χ3n) is 0.221. The van der Waals surface area contributed by atoms with Crippen LogP contribution < -0.4 is 0 Å². The van der Waals surface area contributed by atoms with Gasteiger partial charge in [0.1, 0.15) is 0 Å². The molecule has 0 aromatic rings. The first-order valence-electron chi connectivity index (χ1n) is 1.16. The van der Waals surface area contributed by atoms with E-state index in [0.29, 0.717) is 0 Å². The second-order valence-electron chi connectivity index (χ2n) is 0.507. The fourth-order valence-corrected chi connectivity index (χ4v) is 147. The molecule has 0 radical (unpaired) electrons. The van der Waals surface area contributed by atoms with Crippen molar-refractivity contribution in [2.24, 2.45) is 0 Å². The van der Waals surface area contributed by atoms with Crippen molar-refractivity contribution >= 4 is 61.9 Å². The van der Waals surface area contributed by atoms with Crippen LogP contribution in [-0.4, -0.2) is 48.0 Å². The van der Waals surface area contributed by atoms with Crippen molar-refractivity contribution in [3.05, 3.63) is 0 Å². The van der Waals surface area contributed by atoms with E-state index in [1.54, 1.807) is 0 Å². The summed E-state index contributed by atoms with van der Waals surface area (Å²) in [7, 11) is 0. The average molecular weight is 380 g/mol. The predicted molar refractivity (Wildman–Crippen MR) is 39.6 cm³/mol. The van der Waals surface area contributed by atoms with Gasteiger partial charge in [0.25, 0.3) is 0 Å². The maximum absolute atomic E-state index is 1.46. The third kappa shape index (κ3) is 3.06.